The van der Waals surface area contributed by atoms with Crippen molar-refractivity contribution >= 4 is 22.8 Å². The van der Waals surface area contributed by atoms with Crippen molar-refractivity contribution in [2.75, 3.05) is 6.54 Å². The van der Waals surface area contributed by atoms with Crippen molar-refractivity contribution in [2.45, 2.75) is 32.7 Å². The van der Waals surface area contributed by atoms with E-state index in [9.17, 15) is 9.59 Å². The molecule has 0 spiro atoms. The molecule has 0 aliphatic rings. The molecule has 0 fully saturated rings. The third-order valence-corrected chi connectivity index (χ3v) is 3.57. The van der Waals surface area contributed by atoms with E-state index < -0.39 is 5.97 Å². The summed E-state index contributed by atoms with van der Waals surface area (Å²) in [5.74, 6) is -0.973. The molecule has 2 aromatic rings. The molecule has 5 nitrogen and oxygen atoms in total. The van der Waals surface area contributed by atoms with E-state index in [-0.39, 0.29) is 31.3 Å². The van der Waals surface area contributed by atoms with E-state index in [4.69, 9.17) is 5.11 Å². The van der Waals surface area contributed by atoms with Crippen LogP contribution in [0, 0.1) is 0 Å². The minimum absolute atomic E-state index is 0.0326. The fourth-order valence-corrected chi connectivity index (χ4v) is 2.46. The first-order valence-electron chi connectivity index (χ1n) is 7.33. The number of rotatable bonds is 6. The number of hydrogen-bond donors (Lipinski definition) is 1. The molecule has 0 saturated carbocycles. The van der Waals surface area contributed by atoms with Crippen LogP contribution in [0.4, 0.5) is 0 Å². The Morgan fingerprint density at radius 2 is 1.95 bits per heavy atom. The zero-order valence-electron chi connectivity index (χ0n) is 12.8. The average Bonchev–Trinajstić information content (AvgIpc) is 2.47. The Kier molecular flexibility index (Phi) is 5.09. The zero-order chi connectivity index (χ0) is 16.1. The van der Waals surface area contributed by atoms with Crippen molar-refractivity contribution in [3.05, 3.63) is 42.1 Å². The quantitative estimate of drug-likeness (QED) is 0.889. The number of benzene rings is 1. The second-order valence-corrected chi connectivity index (χ2v) is 5.49. The number of hydrogen-bond acceptors (Lipinski definition) is 3. The highest BCUT2D eigenvalue weighted by molar-refractivity contribution is 5.87. The number of pyridine rings is 1. The number of para-hydroxylation sites is 1. The molecule has 5 heteroatoms. The number of carboxylic acids is 1. The summed E-state index contributed by atoms with van der Waals surface area (Å²) in [5.41, 5.74) is 1.68. The largest absolute Gasteiger partial charge is 0.481 e. The zero-order valence-corrected chi connectivity index (χ0v) is 12.8. The van der Waals surface area contributed by atoms with Gasteiger partial charge in [-0.15, -0.1) is 0 Å². The van der Waals surface area contributed by atoms with Crippen LogP contribution in [0.15, 0.2) is 36.5 Å². The molecule has 1 heterocycles. The SMILES string of the molecule is CC(C)N(CCC(=O)O)C(=O)Cc1cccc2cccnc12. The highest BCUT2D eigenvalue weighted by atomic mass is 16.4. The van der Waals surface area contributed by atoms with Crippen LogP contribution in [0.5, 0.6) is 0 Å². The number of nitrogens with zero attached hydrogens (tertiary/aromatic N) is 2. The third-order valence-electron chi connectivity index (χ3n) is 3.57. The standard InChI is InChI=1S/C17H20N2O3/c1-12(2)19(10-8-16(21)22)15(20)11-14-6-3-5-13-7-4-9-18-17(13)14/h3-7,9,12H,8,10-11H2,1-2H3,(H,21,22). The Hall–Kier alpha value is -2.43. The second-order valence-electron chi connectivity index (χ2n) is 5.49. The monoisotopic (exact) mass is 300 g/mol. The van der Waals surface area contributed by atoms with E-state index in [1.54, 1.807) is 11.1 Å². The second kappa shape index (κ2) is 7.02. The first-order chi connectivity index (χ1) is 10.5. The summed E-state index contributed by atoms with van der Waals surface area (Å²) >= 11 is 0. The molecule has 0 aliphatic heterocycles. The fourth-order valence-electron chi connectivity index (χ4n) is 2.46. The molecular weight excluding hydrogens is 280 g/mol. The van der Waals surface area contributed by atoms with Gasteiger partial charge in [0, 0.05) is 24.2 Å². The molecule has 0 unspecified atom stereocenters. The molecule has 22 heavy (non-hydrogen) atoms. The lowest BCUT2D eigenvalue weighted by atomic mass is 10.1. The predicted octanol–water partition coefficient (Wildman–Crippen LogP) is 2.49. The van der Waals surface area contributed by atoms with Crippen molar-refractivity contribution in [2.24, 2.45) is 0 Å². The number of fused-ring (bicyclic) bond motifs is 1. The van der Waals surface area contributed by atoms with Crippen LogP contribution in [0.2, 0.25) is 0 Å². The Morgan fingerprint density at radius 3 is 2.64 bits per heavy atom. The first kappa shape index (κ1) is 15.9. The lowest BCUT2D eigenvalue weighted by molar-refractivity contribution is -0.139. The van der Waals surface area contributed by atoms with Gasteiger partial charge in [0.1, 0.15) is 0 Å². The molecule has 2 rings (SSSR count). The summed E-state index contributed by atoms with van der Waals surface area (Å²) in [4.78, 5) is 29.2. The Morgan fingerprint density at radius 1 is 1.23 bits per heavy atom. The Balaban J connectivity index is 2.19. The van der Waals surface area contributed by atoms with Gasteiger partial charge in [0.2, 0.25) is 5.91 Å². The maximum absolute atomic E-state index is 12.5. The number of carbonyl (C=O) groups excluding carboxylic acids is 1. The summed E-state index contributed by atoms with van der Waals surface area (Å²) in [6.45, 7) is 4.01. The first-order valence-corrected chi connectivity index (χ1v) is 7.33. The molecule has 1 aromatic heterocycles. The van der Waals surface area contributed by atoms with Gasteiger partial charge in [0.15, 0.2) is 0 Å². The fraction of sp³-hybridized carbons (Fsp3) is 0.353. The van der Waals surface area contributed by atoms with E-state index in [0.29, 0.717) is 0 Å². The number of carboxylic acid groups (broad SMARTS) is 1. The smallest absolute Gasteiger partial charge is 0.305 e. The van der Waals surface area contributed by atoms with Crippen LogP contribution in [-0.4, -0.2) is 39.5 Å². The summed E-state index contributed by atoms with van der Waals surface area (Å²) in [6, 6.07) is 9.55. The Bertz CT molecular complexity index is 677. The molecule has 0 aliphatic carbocycles. The Labute approximate surface area is 129 Å². The minimum Gasteiger partial charge on any atom is -0.481 e. The van der Waals surface area contributed by atoms with Gasteiger partial charge < -0.3 is 10.0 Å². The maximum atomic E-state index is 12.5. The van der Waals surface area contributed by atoms with Gasteiger partial charge in [0.25, 0.3) is 0 Å². The van der Waals surface area contributed by atoms with Gasteiger partial charge in [-0.25, -0.2) is 0 Å². The minimum atomic E-state index is -0.898. The van der Waals surface area contributed by atoms with Crippen LogP contribution in [0.25, 0.3) is 10.9 Å². The van der Waals surface area contributed by atoms with Crippen LogP contribution >= 0.6 is 0 Å². The lowest BCUT2D eigenvalue weighted by Gasteiger charge is -2.26. The maximum Gasteiger partial charge on any atom is 0.305 e. The molecule has 0 atom stereocenters. The molecule has 1 amide bonds. The van der Waals surface area contributed by atoms with Crippen LogP contribution in [0.3, 0.4) is 0 Å². The summed E-state index contributed by atoms with van der Waals surface area (Å²) < 4.78 is 0. The van der Waals surface area contributed by atoms with Crippen molar-refractivity contribution < 1.29 is 14.7 Å². The molecule has 116 valence electrons. The lowest BCUT2D eigenvalue weighted by Crippen LogP contribution is -2.39. The molecule has 1 aromatic carbocycles. The van der Waals surface area contributed by atoms with Crippen molar-refractivity contribution in [1.82, 2.24) is 9.88 Å². The average molecular weight is 300 g/mol. The molecule has 0 bridgehead atoms. The number of aliphatic carboxylic acids is 1. The van der Waals surface area contributed by atoms with Crippen LogP contribution in [-0.2, 0) is 16.0 Å². The summed E-state index contributed by atoms with van der Waals surface area (Å²) in [6.07, 6.45) is 1.89. The molecular formula is C17H20N2O3. The van der Waals surface area contributed by atoms with E-state index in [1.165, 1.54) is 0 Å². The number of amides is 1. The number of aromatic nitrogens is 1. The van der Waals surface area contributed by atoms with Gasteiger partial charge in [-0.3, -0.25) is 14.6 Å². The van der Waals surface area contributed by atoms with Crippen molar-refractivity contribution in [3.8, 4) is 0 Å². The molecule has 0 saturated heterocycles. The number of carbonyl (C=O) groups is 2. The summed E-state index contributed by atoms with van der Waals surface area (Å²) in [5, 5.41) is 9.80. The normalized spacial score (nSPS) is 10.9. The molecule has 1 N–H and O–H groups in total. The third kappa shape index (κ3) is 3.81. The van der Waals surface area contributed by atoms with Gasteiger partial charge in [0.05, 0.1) is 18.4 Å². The predicted molar refractivity (Wildman–Crippen MR) is 84.5 cm³/mol. The van der Waals surface area contributed by atoms with Crippen molar-refractivity contribution in [1.29, 1.82) is 0 Å². The van der Waals surface area contributed by atoms with E-state index >= 15 is 0 Å². The summed E-state index contributed by atoms with van der Waals surface area (Å²) in [7, 11) is 0. The van der Waals surface area contributed by atoms with Crippen LogP contribution < -0.4 is 0 Å². The highest BCUT2D eigenvalue weighted by Gasteiger charge is 2.19. The van der Waals surface area contributed by atoms with Gasteiger partial charge >= 0.3 is 5.97 Å². The van der Waals surface area contributed by atoms with Gasteiger partial charge in [-0.1, -0.05) is 24.3 Å². The van der Waals surface area contributed by atoms with Crippen LogP contribution in [0.1, 0.15) is 25.8 Å². The topological polar surface area (TPSA) is 70.5 Å². The van der Waals surface area contributed by atoms with E-state index in [2.05, 4.69) is 4.98 Å². The van der Waals surface area contributed by atoms with Gasteiger partial charge in [-0.05, 0) is 25.5 Å². The molecule has 0 radical (unpaired) electrons. The highest BCUT2D eigenvalue weighted by Crippen LogP contribution is 2.17. The van der Waals surface area contributed by atoms with E-state index in [0.717, 1.165) is 16.5 Å². The van der Waals surface area contributed by atoms with E-state index in [1.807, 2.05) is 44.2 Å². The van der Waals surface area contributed by atoms with Crippen molar-refractivity contribution in [3.63, 3.8) is 0 Å². The van der Waals surface area contributed by atoms with Gasteiger partial charge in [-0.2, -0.15) is 0 Å².